The molecule has 0 amide bonds. The van der Waals surface area contributed by atoms with Crippen molar-refractivity contribution in [1.29, 1.82) is 0 Å². The zero-order chi connectivity index (χ0) is 10.4. The topological polar surface area (TPSA) is 3.24 Å². The lowest BCUT2D eigenvalue weighted by molar-refractivity contribution is 0.293. The minimum absolute atomic E-state index is 1.19. The maximum absolute atomic E-state index is 3.89. The third-order valence-electron chi connectivity index (χ3n) is 2.76. The van der Waals surface area contributed by atoms with Gasteiger partial charge in [0.05, 0.1) is 0 Å². The van der Waals surface area contributed by atoms with Crippen molar-refractivity contribution in [3.8, 4) is 0 Å². The molecule has 1 heterocycles. The van der Waals surface area contributed by atoms with Gasteiger partial charge in [-0.25, -0.2) is 0 Å². The highest BCUT2D eigenvalue weighted by Crippen LogP contribution is 2.16. The largest absolute Gasteiger partial charge is 0.372 e. The van der Waals surface area contributed by atoms with Crippen LogP contribution in [0.15, 0.2) is 36.1 Å². The second kappa shape index (κ2) is 5.69. The zero-order valence-electron chi connectivity index (χ0n) is 9.42. The monoisotopic (exact) mass is 191 g/mol. The van der Waals surface area contributed by atoms with Gasteiger partial charge >= 0.3 is 0 Å². The standard InChI is InChI=1S/C13H21N/c1-4-12(3)11-13(5-2)14-9-7-6-8-10-14/h4-5,11H,2,6-10H2,1,3H3/b12-4-,13-11+. The van der Waals surface area contributed by atoms with Gasteiger partial charge in [-0.2, -0.15) is 0 Å². The van der Waals surface area contributed by atoms with Crippen LogP contribution in [0.25, 0.3) is 0 Å². The summed E-state index contributed by atoms with van der Waals surface area (Å²) in [5.41, 5.74) is 2.59. The molecule has 0 atom stereocenters. The Morgan fingerprint density at radius 1 is 1.21 bits per heavy atom. The average Bonchev–Trinajstić information content (AvgIpc) is 2.26. The lowest BCUT2D eigenvalue weighted by Crippen LogP contribution is -2.28. The van der Waals surface area contributed by atoms with Crippen molar-refractivity contribution in [2.45, 2.75) is 33.1 Å². The fourth-order valence-electron chi connectivity index (χ4n) is 1.75. The van der Waals surface area contributed by atoms with Gasteiger partial charge in [-0.3, -0.25) is 0 Å². The fraction of sp³-hybridized carbons (Fsp3) is 0.538. The second-order valence-electron chi connectivity index (χ2n) is 3.85. The van der Waals surface area contributed by atoms with E-state index in [1.807, 2.05) is 6.08 Å². The first-order chi connectivity index (χ1) is 6.77. The molecular formula is C13H21N. The molecule has 0 aromatic heterocycles. The normalized spacial score (nSPS) is 19.7. The Kier molecular flexibility index (Phi) is 4.51. The van der Waals surface area contributed by atoms with E-state index >= 15 is 0 Å². The van der Waals surface area contributed by atoms with Crippen molar-refractivity contribution in [2.24, 2.45) is 0 Å². The highest BCUT2D eigenvalue weighted by molar-refractivity contribution is 5.27. The number of hydrogen-bond acceptors (Lipinski definition) is 1. The molecule has 14 heavy (non-hydrogen) atoms. The summed E-state index contributed by atoms with van der Waals surface area (Å²) in [6.45, 7) is 10.5. The quantitative estimate of drug-likeness (QED) is 0.617. The first kappa shape index (κ1) is 11.1. The first-order valence-electron chi connectivity index (χ1n) is 5.50. The zero-order valence-corrected chi connectivity index (χ0v) is 9.42. The van der Waals surface area contributed by atoms with Crippen molar-refractivity contribution in [3.63, 3.8) is 0 Å². The number of nitrogens with zero attached hydrogens (tertiary/aromatic N) is 1. The van der Waals surface area contributed by atoms with E-state index in [9.17, 15) is 0 Å². The van der Waals surface area contributed by atoms with E-state index in [0.717, 1.165) is 0 Å². The summed E-state index contributed by atoms with van der Waals surface area (Å²) >= 11 is 0. The molecule has 0 aromatic carbocycles. The van der Waals surface area contributed by atoms with Crippen LogP contribution < -0.4 is 0 Å². The van der Waals surface area contributed by atoms with Crippen LogP contribution in [0.2, 0.25) is 0 Å². The second-order valence-corrected chi connectivity index (χ2v) is 3.85. The van der Waals surface area contributed by atoms with Crippen LogP contribution in [0.4, 0.5) is 0 Å². The third-order valence-corrected chi connectivity index (χ3v) is 2.76. The van der Waals surface area contributed by atoms with Crippen molar-refractivity contribution < 1.29 is 0 Å². The molecule has 0 unspecified atom stereocenters. The SMILES string of the molecule is C=C/C(=C\C(C)=C/C)N1CCCCC1. The van der Waals surface area contributed by atoms with Crippen LogP contribution >= 0.6 is 0 Å². The maximum Gasteiger partial charge on any atom is 0.0362 e. The average molecular weight is 191 g/mol. The van der Waals surface area contributed by atoms with E-state index in [1.54, 1.807) is 0 Å². The maximum atomic E-state index is 3.89. The number of rotatable bonds is 3. The lowest BCUT2D eigenvalue weighted by Gasteiger charge is -2.29. The molecule has 1 nitrogen and oxygen atoms in total. The summed E-state index contributed by atoms with van der Waals surface area (Å²) in [5.74, 6) is 0. The highest BCUT2D eigenvalue weighted by atomic mass is 15.1. The molecule has 1 rings (SSSR count). The van der Waals surface area contributed by atoms with Gasteiger partial charge in [-0.1, -0.05) is 18.2 Å². The molecular weight excluding hydrogens is 170 g/mol. The minimum Gasteiger partial charge on any atom is -0.372 e. The molecule has 1 heteroatoms. The van der Waals surface area contributed by atoms with Crippen molar-refractivity contribution in [3.05, 3.63) is 36.1 Å². The van der Waals surface area contributed by atoms with Gasteiger partial charge in [-0.15, -0.1) is 0 Å². The Hall–Kier alpha value is -0.980. The summed E-state index contributed by atoms with van der Waals surface area (Å²) < 4.78 is 0. The van der Waals surface area contributed by atoms with Gasteiger partial charge < -0.3 is 4.90 Å². The van der Waals surface area contributed by atoms with Crippen LogP contribution in [0, 0.1) is 0 Å². The Morgan fingerprint density at radius 2 is 1.86 bits per heavy atom. The molecule has 78 valence electrons. The van der Waals surface area contributed by atoms with Gasteiger partial charge in [0.25, 0.3) is 0 Å². The van der Waals surface area contributed by atoms with E-state index in [4.69, 9.17) is 0 Å². The van der Waals surface area contributed by atoms with Gasteiger partial charge in [0, 0.05) is 18.8 Å². The minimum atomic E-state index is 1.19. The number of allylic oxidation sites excluding steroid dienone is 4. The molecule has 0 radical (unpaired) electrons. The van der Waals surface area contributed by atoms with Crippen LogP contribution in [-0.2, 0) is 0 Å². The third kappa shape index (κ3) is 3.06. The number of hydrogen-bond donors (Lipinski definition) is 0. The van der Waals surface area contributed by atoms with Crippen LogP contribution in [0.1, 0.15) is 33.1 Å². The molecule has 1 fully saturated rings. The summed E-state index contributed by atoms with van der Waals surface area (Å²) in [4.78, 5) is 2.43. The molecule has 0 aliphatic carbocycles. The highest BCUT2D eigenvalue weighted by Gasteiger charge is 2.10. The van der Waals surface area contributed by atoms with E-state index in [2.05, 4.69) is 37.5 Å². The molecule has 0 spiro atoms. The van der Waals surface area contributed by atoms with Gasteiger partial charge in [0.1, 0.15) is 0 Å². The molecule has 1 aliphatic rings. The molecule has 0 saturated carbocycles. The number of likely N-dealkylation sites (tertiary alicyclic amines) is 1. The molecule has 0 aromatic rings. The molecule has 0 bridgehead atoms. The lowest BCUT2D eigenvalue weighted by atomic mass is 10.1. The van der Waals surface area contributed by atoms with Gasteiger partial charge in [-0.05, 0) is 45.3 Å². The molecule has 0 N–H and O–H groups in total. The Bertz CT molecular complexity index is 242. The van der Waals surface area contributed by atoms with E-state index < -0.39 is 0 Å². The van der Waals surface area contributed by atoms with E-state index in [0.29, 0.717) is 0 Å². The summed E-state index contributed by atoms with van der Waals surface area (Å²) in [5, 5.41) is 0. The molecule has 1 aliphatic heterocycles. The Balaban J connectivity index is 2.69. The Labute approximate surface area is 87.8 Å². The van der Waals surface area contributed by atoms with Crippen LogP contribution in [0.5, 0.6) is 0 Å². The fourth-order valence-corrected chi connectivity index (χ4v) is 1.75. The van der Waals surface area contributed by atoms with E-state index in [-0.39, 0.29) is 0 Å². The predicted molar refractivity (Wildman–Crippen MR) is 63.1 cm³/mol. The van der Waals surface area contributed by atoms with Crippen molar-refractivity contribution in [2.75, 3.05) is 13.1 Å². The first-order valence-corrected chi connectivity index (χ1v) is 5.50. The van der Waals surface area contributed by atoms with Crippen LogP contribution in [-0.4, -0.2) is 18.0 Å². The van der Waals surface area contributed by atoms with Crippen molar-refractivity contribution >= 4 is 0 Å². The summed E-state index contributed by atoms with van der Waals surface area (Å²) in [6.07, 6.45) is 10.3. The summed E-state index contributed by atoms with van der Waals surface area (Å²) in [7, 11) is 0. The van der Waals surface area contributed by atoms with Gasteiger partial charge in [0.15, 0.2) is 0 Å². The number of piperidine rings is 1. The van der Waals surface area contributed by atoms with E-state index in [1.165, 1.54) is 43.6 Å². The summed E-state index contributed by atoms with van der Waals surface area (Å²) in [6, 6.07) is 0. The predicted octanol–water partition coefficient (Wildman–Crippen LogP) is 3.51. The van der Waals surface area contributed by atoms with Crippen molar-refractivity contribution in [1.82, 2.24) is 4.90 Å². The van der Waals surface area contributed by atoms with Gasteiger partial charge in [0.2, 0.25) is 0 Å². The Morgan fingerprint density at radius 3 is 2.36 bits per heavy atom. The molecule has 1 saturated heterocycles. The van der Waals surface area contributed by atoms with Crippen LogP contribution in [0.3, 0.4) is 0 Å². The smallest absolute Gasteiger partial charge is 0.0362 e.